The lowest BCUT2D eigenvalue weighted by Gasteiger charge is -2.07. The zero-order chi connectivity index (χ0) is 11.5. The van der Waals surface area contributed by atoms with Crippen molar-refractivity contribution in [2.45, 2.75) is 20.0 Å². The molecule has 2 aromatic rings. The molecule has 1 amide bonds. The molecule has 0 bridgehead atoms. The van der Waals surface area contributed by atoms with Crippen molar-refractivity contribution in [3.8, 4) is 0 Å². The number of ether oxygens (including phenoxy) is 1. The van der Waals surface area contributed by atoms with Crippen molar-refractivity contribution in [1.82, 2.24) is 4.98 Å². The van der Waals surface area contributed by atoms with Gasteiger partial charge in [0.15, 0.2) is 0 Å². The molecule has 0 saturated heterocycles. The molecule has 0 atom stereocenters. The van der Waals surface area contributed by atoms with E-state index in [4.69, 9.17) is 4.74 Å². The molecule has 2 N–H and O–H groups in total. The molecule has 0 unspecified atom stereocenters. The normalized spacial score (nSPS) is 10.7. The molecule has 4 nitrogen and oxygen atoms in total. The number of hydrogen-bond donors (Lipinski definition) is 2. The SMILES string of the molecule is CC(C)OC(=O)Nc1cc2ccccc2[nH]1. The third kappa shape index (κ3) is 2.34. The number of carbonyl (C=O) groups is 1. The number of hydrogen-bond acceptors (Lipinski definition) is 2. The number of benzene rings is 1. The van der Waals surface area contributed by atoms with E-state index in [-0.39, 0.29) is 6.10 Å². The standard InChI is InChI=1S/C12H14N2O2/c1-8(2)16-12(15)14-11-7-9-5-3-4-6-10(9)13-11/h3-8,13H,1-2H3,(H,14,15). The molecule has 1 aromatic carbocycles. The van der Waals surface area contributed by atoms with Gasteiger partial charge in [-0.15, -0.1) is 0 Å². The van der Waals surface area contributed by atoms with E-state index in [0.29, 0.717) is 5.82 Å². The zero-order valence-corrected chi connectivity index (χ0v) is 9.28. The van der Waals surface area contributed by atoms with Crippen LogP contribution in [0.3, 0.4) is 0 Å². The molecule has 16 heavy (non-hydrogen) atoms. The summed E-state index contributed by atoms with van der Waals surface area (Å²) in [4.78, 5) is 14.4. The third-order valence-corrected chi connectivity index (χ3v) is 2.11. The van der Waals surface area contributed by atoms with Gasteiger partial charge in [0, 0.05) is 10.9 Å². The van der Waals surface area contributed by atoms with Crippen LogP contribution in [0.5, 0.6) is 0 Å². The number of aromatic nitrogens is 1. The second-order valence-corrected chi connectivity index (χ2v) is 3.85. The number of carbonyl (C=O) groups excluding carboxylic acids is 1. The molecule has 0 aliphatic heterocycles. The van der Waals surface area contributed by atoms with Crippen molar-refractivity contribution in [3.63, 3.8) is 0 Å². The Labute approximate surface area is 93.6 Å². The average molecular weight is 218 g/mol. The second kappa shape index (κ2) is 4.26. The summed E-state index contributed by atoms with van der Waals surface area (Å²) in [6, 6.07) is 9.69. The van der Waals surface area contributed by atoms with Gasteiger partial charge in [-0.25, -0.2) is 4.79 Å². The largest absolute Gasteiger partial charge is 0.447 e. The van der Waals surface area contributed by atoms with Gasteiger partial charge in [-0.2, -0.15) is 0 Å². The summed E-state index contributed by atoms with van der Waals surface area (Å²) in [6.45, 7) is 3.62. The fourth-order valence-electron chi connectivity index (χ4n) is 1.49. The molecule has 1 aromatic heterocycles. The number of para-hydroxylation sites is 1. The summed E-state index contributed by atoms with van der Waals surface area (Å²) in [7, 11) is 0. The molecule has 0 fully saturated rings. The molecular formula is C12H14N2O2. The summed E-state index contributed by atoms with van der Waals surface area (Å²) in [5.41, 5.74) is 0.988. The van der Waals surface area contributed by atoms with E-state index >= 15 is 0 Å². The van der Waals surface area contributed by atoms with Crippen LogP contribution in [0.4, 0.5) is 10.6 Å². The van der Waals surface area contributed by atoms with E-state index < -0.39 is 6.09 Å². The highest BCUT2D eigenvalue weighted by Crippen LogP contribution is 2.18. The molecular weight excluding hydrogens is 204 g/mol. The molecule has 0 spiro atoms. The first-order chi connectivity index (χ1) is 7.65. The predicted octanol–water partition coefficient (Wildman–Crippen LogP) is 3.12. The van der Waals surface area contributed by atoms with Crippen molar-refractivity contribution >= 4 is 22.8 Å². The van der Waals surface area contributed by atoms with Crippen molar-refractivity contribution in [1.29, 1.82) is 0 Å². The molecule has 1 heterocycles. The Morgan fingerprint density at radius 1 is 1.38 bits per heavy atom. The minimum Gasteiger partial charge on any atom is -0.447 e. The minimum absolute atomic E-state index is 0.121. The van der Waals surface area contributed by atoms with Crippen molar-refractivity contribution in [2.75, 3.05) is 5.32 Å². The van der Waals surface area contributed by atoms with Gasteiger partial charge in [0.2, 0.25) is 0 Å². The summed E-state index contributed by atoms with van der Waals surface area (Å²) in [5, 5.41) is 3.70. The quantitative estimate of drug-likeness (QED) is 0.813. The minimum atomic E-state index is -0.443. The van der Waals surface area contributed by atoms with Crippen LogP contribution in [0, 0.1) is 0 Å². The highest BCUT2D eigenvalue weighted by atomic mass is 16.6. The molecule has 0 radical (unpaired) electrons. The lowest BCUT2D eigenvalue weighted by Crippen LogP contribution is -2.18. The third-order valence-electron chi connectivity index (χ3n) is 2.11. The Kier molecular flexibility index (Phi) is 2.81. The summed E-state index contributed by atoms with van der Waals surface area (Å²) >= 11 is 0. The Balaban J connectivity index is 2.12. The molecule has 84 valence electrons. The summed E-state index contributed by atoms with van der Waals surface area (Å²) < 4.78 is 4.98. The Bertz CT molecular complexity index is 469. The van der Waals surface area contributed by atoms with Gasteiger partial charge in [0.25, 0.3) is 0 Å². The van der Waals surface area contributed by atoms with Crippen molar-refractivity contribution in [2.24, 2.45) is 0 Å². The smallest absolute Gasteiger partial charge is 0.413 e. The summed E-state index contributed by atoms with van der Waals surface area (Å²) in [6.07, 6.45) is -0.564. The highest BCUT2D eigenvalue weighted by Gasteiger charge is 2.07. The lowest BCUT2D eigenvalue weighted by atomic mass is 10.2. The first-order valence-corrected chi connectivity index (χ1v) is 5.20. The number of amides is 1. The monoisotopic (exact) mass is 218 g/mol. The van der Waals surface area contributed by atoms with Gasteiger partial charge < -0.3 is 9.72 Å². The molecule has 4 heteroatoms. The van der Waals surface area contributed by atoms with Gasteiger partial charge in [0.1, 0.15) is 5.82 Å². The number of rotatable bonds is 2. The Morgan fingerprint density at radius 2 is 2.12 bits per heavy atom. The second-order valence-electron chi connectivity index (χ2n) is 3.85. The topological polar surface area (TPSA) is 54.1 Å². The van der Waals surface area contributed by atoms with Gasteiger partial charge in [-0.05, 0) is 26.0 Å². The first kappa shape index (κ1) is 10.5. The Hall–Kier alpha value is -1.97. The summed E-state index contributed by atoms with van der Waals surface area (Å²) in [5.74, 6) is 0.645. The van der Waals surface area contributed by atoms with E-state index in [0.717, 1.165) is 10.9 Å². The van der Waals surface area contributed by atoms with Crippen molar-refractivity contribution in [3.05, 3.63) is 30.3 Å². The number of anilines is 1. The predicted molar refractivity (Wildman–Crippen MR) is 63.5 cm³/mol. The van der Waals surface area contributed by atoms with Crippen LogP contribution >= 0.6 is 0 Å². The van der Waals surface area contributed by atoms with Crippen LogP contribution in [0.25, 0.3) is 10.9 Å². The molecule has 0 saturated carbocycles. The van der Waals surface area contributed by atoms with Crippen molar-refractivity contribution < 1.29 is 9.53 Å². The fourth-order valence-corrected chi connectivity index (χ4v) is 1.49. The number of nitrogens with one attached hydrogen (secondary N) is 2. The maximum absolute atomic E-state index is 11.3. The molecule has 0 aliphatic rings. The number of H-pyrrole nitrogens is 1. The molecule has 0 aliphatic carbocycles. The molecule has 2 rings (SSSR count). The maximum atomic E-state index is 11.3. The first-order valence-electron chi connectivity index (χ1n) is 5.20. The highest BCUT2D eigenvalue weighted by molar-refractivity contribution is 5.90. The maximum Gasteiger partial charge on any atom is 0.413 e. The van der Waals surface area contributed by atoms with Crippen LogP contribution in [-0.2, 0) is 4.74 Å². The van der Waals surface area contributed by atoms with Gasteiger partial charge in [-0.1, -0.05) is 18.2 Å². The Morgan fingerprint density at radius 3 is 2.81 bits per heavy atom. The van der Waals surface area contributed by atoms with E-state index in [9.17, 15) is 4.79 Å². The fraction of sp³-hybridized carbons (Fsp3) is 0.250. The van der Waals surface area contributed by atoms with E-state index in [1.165, 1.54) is 0 Å². The van der Waals surface area contributed by atoms with Gasteiger partial charge >= 0.3 is 6.09 Å². The zero-order valence-electron chi connectivity index (χ0n) is 9.28. The average Bonchev–Trinajstić information content (AvgIpc) is 2.57. The van der Waals surface area contributed by atoms with Crippen LogP contribution < -0.4 is 5.32 Å². The lowest BCUT2D eigenvalue weighted by molar-refractivity contribution is 0.130. The van der Waals surface area contributed by atoms with E-state index in [2.05, 4.69) is 10.3 Å². The van der Waals surface area contributed by atoms with Crippen LogP contribution in [-0.4, -0.2) is 17.2 Å². The van der Waals surface area contributed by atoms with Gasteiger partial charge in [-0.3, -0.25) is 5.32 Å². The van der Waals surface area contributed by atoms with Crippen LogP contribution in [0.1, 0.15) is 13.8 Å². The van der Waals surface area contributed by atoms with Crippen LogP contribution in [0.2, 0.25) is 0 Å². The number of fused-ring (bicyclic) bond motifs is 1. The van der Waals surface area contributed by atoms with Gasteiger partial charge in [0.05, 0.1) is 6.10 Å². The van der Waals surface area contributed by atoms with E-state index in [1.807, 2.05) is 44.2 Å². The van der Waals surface area contributed by atoms with E-state index in [1.54, 1.807) is 0 Å². The van der Waals surface area contributed by atoms with Crippen LogP contribution in [0.15, 0.2) is 30.3 Å². The number of aromatic amines is 1.